The molecule has 2 heterocycles. The van der Waals surface area contributed by atoms with Crippen LogP contribution in [0, 0.1) is 0 Å². The lowest BCUT2D eigenvalue weighted by Gasteiger charge is -2.15. The first-order valence-corrected chi connectivity index (χ1v) is 11.3. The third kappa shape index (κ3) is 4.99. The second-order valence-electron chi connectivity index (χ2n) is 6.61. The summed E-state index contributed by atoms with van der Waals surface area (Å²) in [6.07, 6.45) is 4.32. The number of carbonyl (C=O) groups excluding carboxylic acids is 2. The largest absolute Gasteiger partial charge is 0.462 e. The predicted octanol–water partition coefficient (Wildman–Crippen LogP) is 2.98. The molecule has 1 aliphatic carbocycles. The van der Waals surface area contributed by atoms with E-state index in [4.69, 9.17) is 10.5 Å². The zero-order chi connectivity index (χ0) is 21.0. The molecule has 3 rings (SSSR count). The molecule has 0 saturated carbocycles. The minimum atomic E-state index is -0.505. The zero-order valence-corrected chi connectivity index (χ0v) is 18.0. The summed E-state index contributed by atoms with van der Waals surface area (Å²) in [6, 6.07) is 1.19. The number of thiophene rings is 1. The Morgan fingerprint density at radius 3 is 2.83 bits per heavy atom. The Morgan fingerprint density at radius 1 is 1.38 bits per heavy atom. The monoisotopic (exact) mass is 436 g/mol. The van der Waals surface area contributed by atoms with E-state index in [0.717, 1.165) is 47.9 Å². The highest BCUT2D eigenvalue weighted by Crippen LogP contribution is 2.39. The number of nitrogens with two attached hydrogens (primary N) is 1. The Bertz CT molecular complexity index is 970. The second-order valence-corrected chi connectivity index (χ2v) is 8.91. The van der Waals surface area contributed by atoms with Crippen LogP contribution in [-0.4, -0.2) is 33.7 Å². The van der Waals surface area contributed by atoms with Gasteiger partial charge in [0, 0.05) is 10.9 Å². The van der Waals surface area contributed by atoms with Crippen molar-refractivity contribution in [3.8, 4) is 0 Å². The van der Waals surface area contributed by atoms with E-state index >= 15 is 0 Å². The first-order valence-electron chi connectivity index (χ1n) is 9.58. The van der Waals surface area contributed by atoms with Crippen LogP contribution in [0.3, 0.4) is 0 Å². The van der Waals surface area contributed by atoms with Crippen LogP contribution in [0.25, 0.3) is 0 Å². The molecule has 156 valence electrons. The van der Waals surface area contributed by atoms with Crippen LogP contribution in [-0.2, 0) is 22.4 Å². The number of H-pyrrole nitrogens is 1. The van der Waals surface area contributed by atoms with Gasteiger partial charge in [0.2, 0.25) is 5.91 Å². The van der Waals surface area contributed by atoms with Crippen LogP contribution >= 0.6 is 23.1 Å². The van der Waals surface area contributed by atoms with Gasteiger partial charge in [0.25, 0.3) is 5.56 Å². The maximum absolute atomic E-state index is 12.9. The Balaban J connectivity index is 1.83. The molecule has 0 radical (unpaired) electrons. The molecule has 0 saturated heterocycles. The molecule has 1 atom stereocenters. The SMILES string of the molecule is CCOC(=O)c1c(NC(=O)[C@H](CC)Sc2nc(N)cc(=O)[nH]2)sc2c1CCCC2. The number of fused-ring (bicyclic) bond motifs is 1. The summed E-state index contributed by atoms with van der Waals surface area (Å²) in [5.41, 5.74) is 6.73. The number of ether oxygens (including phenoxy) is 1. The molecule has 29 heavy (non-hydrogen) atoms. The molecule has 0 bridgehead atoms. The average Bonchev–Trinajstić information content (AvgIpc) is 3.03. The third-order valence-electron chi connectivity index (χ3n) is 4.54. The van der Waals surface area contributed by atoms with Crippen LogP contribution in [0.2, 0.25) is 0 Å². The van der Waals surface area contributed by atoms with E-state index < -0.39 is 11.2 Å². The molecule has 4 N–H and O–H groups in total. The molecule has 0 fully saturated rings. The number of hydrogen-bond acceptors (Lipinski definition) is 8. The normalized spacial score (nSPS) is 14.1. The number of esters is 1. The number of aryl methyl sites for hydroxylation is 1. The molecule has 0 aliphatic heterocycles. The summed E-state index contributed by atoms with van der Waals surface area (Å²) in [5.74, 6) is -0.557. The molecular weight excluding hydrogens is 412 g/mol. The number of nitrogens with one attached hydrogen (secondary N) is 2. The van der Waals surface area contributed by atoms with Crippen molar-refractivity contribution in [3.63, 3.8) is 0 Å². The quantitative estimate of drug-likeness (QED) is 0.346. The minimum absolute atomic E-state index is 0.0991. The lowest BCUT2D eigenvalue weighted by atomic mass is 9.95. The van der Waals surface area contributed by atoms with Crippen molar-refractivity contribution in [1.29, 1.82) is 0 Å². The Hall–Kier alpha value is -2.33. The number of amides is 1. The van der Waals surface area contributed by atoms with E-state index in [2.05, 4.69) is 15.3 Å². The average molecular weight is 437 g/mol. The number of aromatic nitrogens is 2. The van der Waals surface area contributed by atoms with Gasteiger partial charge in [-0.05, 0) is 44.6 Å². The number of aromatic amines is 1. The fourth-order valence-corrected chi connectivity index (χ4v) is 5.43. The molecule has 1 amide bonds. The molecule has 0 spiro atoms. The zero-order valence-electron chi connectivity index (χ0n) is 16.4. The topological polar surface area (TPSA) is 127 Å². The molecule has 1 aliphatic rings. The lowest BCUT2D eigenvalue weighted by molar-refractivity contribution is -0.115. The Labute approximate surface area is 176 Å². The van der Waals surface area contributed by atoms with Crippen LogP contribution < -0.4 is 16.6 Å². The van der Waals surface area contributed by atoms with E-state index in [1.165, 1.54) is 17.4 Å². The highest BCUT2D eigenvalue weighted by Gasteiger charge is 2.29. The molecule has 0 unspecified atom stereocenters. The van der Waals surface area contributed by atoms with Gasteiger partial charge in [0.05, 0.1) is 17.4 Å². The maximum Gasteiger partial charge on any atom is 0.341 e. The summed E-state index contributed by atoms with van der Waals surface area (Å²) in [4.78, 5) is 44.9. The van der Waals surface area contributed by atoms with Crippen LogP contribution in [0.15, 0.2) is 16.0 Å². The van der Waals surface area contributed by atoms with Gasteiger partial charge in [-0.2, -0.15) is 0 Å². The van der Waals surface area contributed by atoms with Crippen molar-refractivity contribution in [3.05, 3.63) is 32.4 Å². The van der Waals surface area contributed by atoms with E-state index in [-0.39, 0.29) is 29.0 Å². The Kier molecular flexibility index (Phi) is 6.96. The molecule has 10 heteroatoms. The van der Waals surface area contributed by atoms with Gasteiger partial charge in [0.1, 0.15) is 10.8 Å². The van der Waals surface area contributed by atoms with Crippen molar-refractivity contribution in [2.75, 3.05) is 17.7 Å². The lowest BCUT2D eigenvalue weighted by Crippen LogP contribution is -2.26. The summed E-state index contributed by atoms with van der Waals surface area (Å²) < 4.78 is 5.23. The number of nitrogens with zero attached hydrogens (tertiary/aromatic N) is 1. The van der Waals surface area contributed by atoms with Crippen molar-refractivity contribution >= 4 is 45.8 Å². The van der Waals surface area contributed by atoms with Gasteiger partial charge in [-0.25, -0.2) is 9.78 Å². The van der Waals surface area contributed by atoms with Crippen molar-refractivity contribution in [1.82, 2.24) is 9.97 Å². The van der Waals surface area contributed by atoms with Crippen molar-refractivity contribution in [2.45, 2.75) is 56.4 Å². The van der Waals surface area contributed by atoms with E-state index in [1.807, 2.05) is 6.92 Å². The van der Waals surface area contributed by atoms with Gasteiger partial charge in [-0.3, -0.25) is 9.59 Å². The van der Waals surface area contributed by atoms with Crippen LogP contribution in [0.1, 0.15) is 53.9 Å². The van der Waals surface area contributed by atoms with Crippen molar-refractivity contribution in [2.24, 2.45) is 0 Å². The highest BCUT2D eigenvalue weighted by molar-refractivity contribution is 8.00. The summed E-state index contributed by atoms with van der Waals surface area (Å²) in [6.45, 7) is 3.91. The van der Waals surface area contributed by atoms with E-state index in [9.17, 15) is 14.4 Å². The number of nitrogen functional groups attached to an aromatic ring is 1. The van der Waals surface area contributed by atoms with E-state index in [1.54, 1.807) is 6.92 Å². The fraction of sp³-hybridized carbons (Fsp3) is 0.474. The van der Waals surface area contributed by atoms with Gasteiger partial charge in [-0.1, -0.05) is 18.7 Å². The molecule has 0 aromatic carbocycles. The van der Waals surface area contributed by atoms with Gasteiger partial charge < -0.3 is 20.8 Å². The first-order chi connectivity index (χ1) is 13.9. The number of rotatable bonds is 7. The number of hydrogen-bond donors (Lipinski definition) is 3. The smallest absolute Gasteiger partial charge is 0.341 e. The summed E-state index contributed by atoms with van der Waals surface area (Å²) in [5, 5.41) is 3.23. The molecule has 2 aromatic heterocycles. The van der Waals surface area contributed by atoms with E-state index in [0.29, 0.717) is 17.0 Å². The fourth-order valence-electron chi connectivity index (χ4n) is 3.23. The van der Waals surface area contributed by atoms with Crippen LogP contribution in [0.5, 0.6) is 0 Å². The number of thioether (sulfide) groups is 1. The van der Waals surface area contributed by atoms with Gasteiger partial charge in [0.15, 0.2) is 5.16 Å². The predicted molar refractivity (Wildman–Crippen MR) is 115 cm³/mol. The maximum atomic E-state index is 12.9. The summed E-state index contributed by atoms with van der Waals surface area (Å²) in [7, 11) is 0. The first kappa shape index (κ1) is 21.4. The summed E-state index contributed by atoms with van der Waals surface area (Å²) >= 11 is 2.58. The third-order valence-corrected chi connectivity index (χ3v) is 7.00. The van der Waals surface area contributed by atoms with Gasteiger partial charge >= 0.3 is 5.97 Å². The minimum Gasteiger partial charge on any atom is -0.462 e. The second kappa shape index (κ2) is 9.45. The molecular formula is C19H24N4O4S2. The number of carbonyl (C=O) groups is 2. The molecule has 2 aromatic rings. The highest BCUT2D eigenvalue weighted by atomic mass is 32.2. The standard InChI is InChI=1S/C19H24N4O4S2/c1-3-11(29-19-21-13(20)9-14(24)22-19)16(25)23-17-15(18(26)27-4-2)10-7-5-6-8-12(10)28-17/h9,11H,3-8H2,1-2H3,(H,23,25)(H3,20,21,22,24)/t11-/m0/s1. The molecule has 8 nitrogen and oxygen atoms in total. The number of anilines is 2. The Morgan fingerprint density at radius 2 is 2.14 bits per heavy atom. The van der Waals surface area contributed by atoms with Crippen molar-refractivity contribution < 1.29 is 14.3 Å². The van der Waals surface area contributed by atoms with Crippen LogP contribution in [0.4, 0.5) is 10.8 Å². The van der Waals surface area contributed by atoms with Gasteiger partial charge in [-0.15, -0.1) is 11.3 Å².